The van der Waals surface area contributed by atoms with Gasteiger partial charge in [0.05, 0.1) is 5.69 Å². The van der Waals surface area contributed by atoms with Crippen LogP contribution in [0.2, 0.25) is 0 Å². The summed E-state index contributed by atoms with van der Waals surface area (Å²) in [5.41, 5.74) is 3.75. The van der Waals surface area contributed by atoms with Gasteiger partial charge in [0.2, 0.25) is 0 Å². The molecule has 3 aromatic carbocycles. The Bertz CT molecular complexity index is 1640. The first-order chi connectivity index (χ1) is 17.3. The zero-order valence-corrected chi connectivity index (χ0v) is 19.4. The van der Waals surface area contributed by atoms with Crippen LogP contribution >= 0.6 is 11.6 Å². The van der Waals surface area contributed by atoms with Gasteiger partial charge in [0.1, 0.15) is 28.5 Å². The van der Waals surface area contributed by atoms with Gasteiger partial charge < -0.3 is 9.39 Å². The standard InChI is InChI=1S/C28H18BN3O2S/c1-2-14-26-25(13-1)34-29(35-26)19-7-3-9-21(17-19)33-22-10-4-8-20(18-22)32-27-23(11-5-15-30-27)24-12-6-16-31-28(24)32/h1-18H. The van der Waals surface area contributed by atoms with Crippen molar-refractivity contribution in [2.75, 3.05) is 0 Å². The topological polar surface area (TPSA) is 49.2 Å². The van der Waals surface area contributed by atoms with Crippen LogP contribution in [0.25, 0.3) is 27.8 Å². The van der Waals surface area contributed by atoms with Crippen LogP contribution in [0.4, 0.5) is 0 Å². The first-order valence-electron chi connectivity index (χ1n) is 11.3. The third kappa shape index (κ3) is 3.52. The van der Waals surface area contributed by atoms with E-state index in [0.717, 1.165) is 55.4 Å². The summed E-state index contributed by atoms with van der Waals surface area (Å²) < 4.78 is 14.5. The van der Waals surface area contributed by atoms with Crippen LogP contribution < -0.4 is 14.9 Å². The number of hydrogen-bond acceptors (Lipinski definition) is 5. The summed E-state index contributed by atoms with van der Waals surface area (Å²) in [5, 5.41) is 2.15. The monoisotopic (exact) mass is 471 g/mol. The van der Waals surface area contributed by atoms with E-state index in [2.05, 4.69) is 38.8 Å². The van der Waals surface area contributed by atoms with Crippen molar-refractivity contribution in [1.29, 1.82) is 0 Å². The van der Waals surface area contributed by atoms with Crippen molar-refractivity contribution in [3.63, 3.8) is 0 Å². The lowest BCUT2D eigenvalue weighted by atomic mass is 9.86. The maximum absolute atomic E-state index is 6.30. The molecule has 7 rings (SSSR count). The number of rotatable bonds is 4. The molecule has 1 aliphatic rings. The van der Waals surface area contributed by atoms with Crippen molar-refractivity contribution in [2.24, 2.45) is 0 Å². The molecule has 0 saturated carbocycles. The van der Waals surface area contributed by atoms with Crippen LogP contribution in [-0.2, 0) is 0 Å². The number of nitrogens with zero attached hydrogens (tertiary/aromatic N) is 3. The van der Waals surface area contributed by atoms with E-state index in [4.69, 9.17) is 9.39 Å². The van der Waals surface area contributed by atoms with Crippen LogP contribution in [0.1, 0.15) is 0 Å². The van der Waals surface area contributed by atoms with Gasteiger partial charge in [0.25, 0.3) is 0 Å². The fraction of sp³-hybridized carbons (Fsp3) is 0. The smallest absolute Gasteiger partial charge is 0.467 e. The molecular formula is C28H18BN3O2S. The fourth-order valence-corrected chi connectivity index (χ4v) is 5.55. The molecule has 3 aromatic heterocycles. The van der Waals surface area contributed by atoms with Gasteiger partial charge in [-0.25, -0.2) is 9.97 Å². The number of benzene rings is 3. The highest BCUT2D eigenvalue weighted by Crippen LogP contribution is 2.38. The second-order valence-electron chi connectivity index (χ2n) is 8.27. The first kappa shape index (κ1) is 20.2. The van der Waals surface area contributed by atoms with Gasteiger partial charge in [-0.3, -0.25) is 4.57 Å². The summed E-state index contributed by atoms with van der Waals surface area (Å²) >= 11 is 1.71. The number of ether oxygens (including phenoxy) is 1. The predicted octanol–water partition coefficient (Wildman–Crippen LogP) is 6.25. The minimum absolute atomic E-state index is 0.0861. The van der Waals surface area contributed by atoms with Gasteiger partial charge in [-0.1, -0.05) is 30.3 Å². The Morgan fingerprint density at radius 3 is 2.20 bits per heavy atom. The van der Waals surface area contributed by atoms with E-state index in [9.17, 15) is 0 Å². The molecule has 1 aliphatic heterocycles. The third-order valence-electron chi connectivity index (χ3n) is 6.05. The van der Waals surface area contributed by atoms with Crippen molar-refractivity contribution >= 4 is 45.3 Å². The van der Waals surface area contributed by atoms with Crippen molar-refractivity contribution in [1.82, 2.24) is 14.5 Å². The Morgan fingerprint density at radius 2 is 1.43 bits per heavy atom. The SMILES string of the molecule is c1cc(Oc2cccc(-n3c4ncccc4c4cccnc43)c2)cc(B2Oc3ccccc3S2)c1. The van der Waals surface area contributed by atoms with Crippen LogP contribution in [0.15, 0.2) is 114 Å². The zero-order valence-electron chi connectivity index (χ0n) is 18.5. The predicted molar refractivity (Wildman–Crippen MR) is 141 cm³/mol. The van der Waals surface area contributed by atoms with Gasteiger partial charge in [-0.2, -0.15) is 0 Å². The summed E-state index contributed by atoms with van der Waals surface area (Å²) in [7, 11) is 0. The van der Waals surface area contributed by atoms with Gasteiger partial charge in [-0.05, 0) is 66.1 Å². The normalized spacial score (nSPS) is 12.6. The minimum atomic E-state index is -0.0861. The second kappa shape index (κ2) is 8.22. The van der Waals surface area contributed by atoms with Crippen molar-refractivity contribution < 1.29 is 9.39 Å². The number of para-hydroxylation sites is 1. The largest absolute Gasteiger partial charge is 0.546 e. The van der Waals surface area contributed by atoms with Gasteiger partial charge in [0.15, 0.2) is 0 Å². The van der Waals surface area contributed by atoms with E-state index in [1.807, 2.05) is 85.2 Å². The molecule has 0 aliphatic carbocycles. The summed E-state index contributed by atoms with van der Waals surface area (Å²) in [6.45, 7) is 0. The maximum Gasteiger partial charge on any atom is 0.467 e. The second-order valence-corrected chi connectivity index (χ2v) is 9.37. The van der Waals surface area contributed by atoms with Gasteiger partial charge >= 0.3 is 6.19 Å². The molecule has 0 spiro atoms. The molecule has 0 amide bonds. The maximum atomic E-state index is 6.30. The lowest BCUT2D eigenvalue weighted by Crippen LogP contribution is -2.30. The molecule has 166 valence electrons. The Kier molecular flexibility index (Phi) is 4.74. The quantitative estimate of drug-likeness (QED) is 0.285. The highest BCUT2D eigenvalue weighted by molar-refractivity contribution is 8.26. The van der Waals surface area contributed by atoms with Gasteiger partial charge in [0, 0.05) is 34.1 Å². The number of aromatic nitrogens is 3. The zero-order chi connectivity index (χ0) is 23.2. The fourth-order valence-electron chi connectivity index (χ4n) is 4.50. The van der Waals surface area contributed by atoms with E-state index in [-0.39, 0.29) is 6.19 Å². The Hall–Kier alpha value is -4.23. The molecule has 0 N–H and O–H groups in total. The molecule has 5 nitrogen and oxygen atoms in total. The van der Waals surface area contributed by atoms with Crippen molar-refractivity contribution in [3.8, 4) is 22.9 Å². The molecule has 35 heavy (non-hydrogen) atoms. The number of pyridine rings is 2. The average Bonchev–Trinajstić information content (AvgIpc) is 3.49. The molecule has 7 heteroatoms. The van der Waals surface area contributed by atoms with Crippen LogP contribution in [0.5, 0.6) is 17.2 Å². The molecule has 6 aromatic rings. The molecule has 0 unspecified atom stereocenters. The highest BCUT2D eigenvalue weighted by atomic mass is 32.2. The molecule has 0 radical (unpaired) electrons. The first-order valence-corrected chi connectivity index (χ1v) is 12.2. The number of fused-ring (bicyclic) bond motifs is 4. The number of hydrogen-bond donors (Lipinski definition) is 0. The molecule has 0 atom stereocenters. The van der Waals surface area contributed by atoms with E-state index in [0.29, 0.717) is 0 Å². The summed E-state index contributed by atoms with van der Waals surface area (Å²) in [6.07, 6.45) is 3.53. The summed E-state index contributed by atoms with van der Waals surface area (Å²) in [4.78, 5) is 10.5. The van der Waals surface area contributed by atoms with Gasteiger partial charge in [-0.15, -0.1) is 11.6 Å². The lowest BCUT2D eigenvalue weighted by Gasteiger charge is -2.12. The minimum Gasteiger partial charge on any atom is -0.546 e. The lowest BCUT2D eigenvalue weighted by molar-refractivity contribution is 0.482. The van der Waals surface area contributed by atoms with E-state index >= 15 is 0 Å². The van der Waals surface area contributed by atoms with Crippen molar-refractivity contribution in [3.05, 3.63) is 109 Å². The Morgan fingerprint density at radius 1 is 0.714 bits per heavy atom. The van der Waals surface area contributed by atoms with Crippen LogP contribution in [0.3, 0.4) is 0 Å². The van der Waals surface area contributed by atoms with E-state index in [1.54, 1.807) is 11.6 Å². The van der Waals surface area contributed by atoms with E-state index < -0.39 is 0 Å². The van der Waals surface area contributed by atoms with Crippen LogP contribution in [0, 0.1) is 0 Å². The highest BCUT2D eigenvalue weighted by Gasteiger charge is 2.31. The third-order valence-corrected chi connectivity index (χ3v) is 7.22. The molecule has 0 fully saturated rings. The molecule has 0 saturated heterocycles. The summed E-state index contributed by atoms with van der Waals surface area (Å²) in [5.74, 6) is 2.43. The van der Waals surface area contributed by atoms with E-state index in [1.165, 1.54) is 0 Å². The average molecular weight is 471 g/mol. The molecule has 4 heterocycles. The molecular weight excluding hydrogens is 453 g/mol. The molecule has 0 bridgehead atoms. The van der Waals surface area contributed by atoms with Crippen molar-refractivity contribution in [2.45, 2.75) is 4.90 Å². The Labute approximate surface area is 206 Å². The Balaban J connectivity index is 1.22. The summed E-state index contributed by atoms with van der Waals surface area (Å²) in [6, 6.07) is 32.3. The van der Waals surface area contributed by atoms with Crippen LogP contribution in [-0.4, -0.2) is 20.7 Å².